The van der Waals surface area contributed by atoms with Crippen molar-refractivity contribution in [3.8, 4) is 0 Å². The van der Waals surface area contributed by atoms with Crippen LogP contribution in [0.3, 0.4) is 0 Å². The van der Waals surface area contributed by atoms with Gasteiger partial charge in [-0.05, 0) is 49.3 Å². The Bertz CT molecular complexity index is 286. The fourth-order valence-corrected chi connectivity index (χ4v) is 2.41. The van der Waals surface area contributed by atoms with E-state index in [1.54, 1.807) is 0 Å². The van der Waals surface area contributed by atoms with Crippen LogP contribution < -0.4 is 0 Å². The fraction of sp³-hybridized carbons (Fsp3) is 0.500. The molecule has 0 spiro atoms. The van der Waals surface area contributed by atoms with Crippen LogP contribution in [0.2, 0.25) is 0 Å². The Morgan fingerprint density at radius 3 is 2.14 bits per heavy atom. The SMILES string of the molecule is OC1CCC(c2ccc(Br)cc2)CC1. The van der Waals surface area contributed by atoms with E-state index in [4.69, 9.17) is 0 Å². The van der Waals surface area contributed by atoms with Crippen molar-refractivity contribution in [3.63, 3.8) is 0 Å². The summed E-state index contributed by atoms with van der Waals surface area (Å²) in [4.78, 5) is 0. The first kappa shape index (κ1) is 10.2. The lowest BCUT2D eigenvalue weighted by Crippen LogP contribution is -2.16. The van der Waals surface area contributed by atoms with Crippen molar-refractivity contribution in [1.82, 2.24) is 0 Å². The molecule has 1 aliphatic carbocycles. The Morgan fingerprint density at radius 2 is 1.57 bits per heavy atom. The van der Waals surface area contributed by atoms with Crippen molar-refractivity contribution in [2.75, 3.05) is 0 Å². The molecule has 2 heteroatoms. The van der Waals surface area contributed by atoms with Crippen LogP contribution in [0.4, 0.5) is 0 Å². The Balaban J connectivity index is 2.05. The molecule has 1 aliphatic rings. The van der Waals surface area contributed by atoms with E-state index in [1.807, 2.05) is 0 Å². The maximum atomic E-state index is 9.41. The van der Waals surface area contributed by atoms with Gasteiger partial charge in [0.25, 0.3) is 0 Å². The average molecular weight is 255 g/mol. The van der Waals surface area contributed by atoms with E-state index in [-0.39, 0.29) is 6.10 Å². The zero-order valence-corrected chi connectivity index (χ0v) is 9.70. The Morgan fingerprint density at radius 1 is 1.00 bits per heavy atom. The smallest absolute Gasteiger partial charge is 0.0540 e. The van der Waals surface area contributed by atoms with E-state index in [9.17, 15) is 5.11 Å². The number of aliphatic hydroxyl groups excluding tert-OH is 1. The minimum atomic E-state index is -0.0540. The highest BCUT2D eigenvalue weighted by Crippen LogP contribution is 2.33. The molecule has 1 N–H and O–H groups in total. The van der Waals surface area contributed by atoms with Crippen LogP contribution in [0, 0.1) is 0 Å². The van der Waals surface area contributed by atoms with Crippen LogP contribution in [0.5, 0.6) is 0 Å². The van der Waals surface area contributed by atoms with Gasteiger partial charge in [0, 0.05) is 4.47 Å². The molecule has 1 aromatic rings. The standard InChI is InChI=1S/C12H15BrO/c13-11-5-1-9(2-6-11)10-3-7-12(14)8-4-10/h1-2,5-6,10,12,14H,3-4,7-8H2. The minimum Gasteiger partial charge on any atom is -0.393 e. The van der Waals surface area contributed by atoms with Gasteiger partial charge in [-0.1, -0.05) is 28.1 Å². The monoisotopic (exact) mass is 254 g/mol. The topological polar surface area (TPSA) is 20.2 Å². The van der Waals surface area contributed by atoms with Gasteiger partial charge in [0.05, 0.1) is 6.10 Å². The van der Waals surface area contributed by atoms with E-state index in [0.29, 0.717) is 5.92 Å². The van der Waals surface area contributed by atoms with Crippen LogP contribution in [-0.4, -0.2) is 11.2 Å². The van der Waals surface area contributed by atoms with Crippen LogP contribution in [0.1, 0.15) is 37.2 Å². The molecule has 76 valence electrons. The molecule has 14 heavy (non-hydrogen) atoms. The fourth-order valence-electron chi connectivity index (χ4n) is 2.14. The predicted molar refractivity (Wildman–Crippen MR) is 61.4 cm³/mol. The van der Waals surface area contributed by atoms with Crippen LogP contribution in [-0.2, 0) is 0 Å². The minimum absolute atomic E-state index is 0.0540. The van der Waals surface area contributed by atoms with Gasteiger partial charge in [-0.15, -0.1) is 0 Å². The highest BCUT2D eigenvalue weighted by atomic mass is 79.9. The maximum absolute atomic E-state index is 9.41. The van der Waals surface area contributed by atoms with E-state index in [1.165, 1.54) is 5.56 Å². The highest BCUT2D eigenvalue weighted by Gasteiger charge is 2.20. The van der Waals surface area contributed by atoms with Gasteiger partial charge in [0.2, 0.25) is 0 Å². The Hall–Kier alpha value is -0.340. The maximum Gasteiger partial charge on any atom is 0.0540 e. The summed E-state index contributed by atoms with van der Waals surface area (Å²) >= 11 is 3.44. The second-order valence-corrected chi connectivity index (χ2v) is 4.97. The van der Waals surface area contributed by atoms with E-state index in [0.717, 1.165) is 30.2 Å². The zero-order valence-electron chi connectivity index (χ0n) is 8.12. The molecule has 0 radical (unpaired) electrons. The van der Waals surface area contributed by atoms with E-state index < -0.39 is 0 Å². The summed E-state index contributed by atoms with van der Waals surface area (Å²) in [5.41, 5.74) is 1.42. The first-order valence-electron chi connectivity index (χ1n) is 5.19. The summed E-state index contributed by atoms with van der Waals surface area (Å²) in [5.74, 6) is 0.659. The van der Waals surface area contributed by atoms with E-state index in [2.05, 4.69) is 40.2 Å². The molecule has 2 rings (SSSR count). The quantitative estimate of drug-likeness (QED) is 0.814. The molecule has 0 unspecified atom stereocenters. The van der Waals surface area contributed by atoms with Gasteiger partial charge in [0.15, 0.2) is 0 Å². The molecular weight excluding hydrogens is 240 g/mol. The molecule has 1 fully saturated rings. The summed E-state index contributed by atoms with van der Waals surface area (Å²) in [6.07, 6.45) is 4.12. The molecule has 0 heterocycles. The van der Waals surface area contributed by atoms with Crippen molar-refractivity contribution < 1.29 is 5.11 Å². The van der Waals surface area contributed by atoms with Gasteiger partial charge in [0.1, 0.15) is 0 Å². The molecule has 1 aromatic carbocycles. The summed E-state index contributed by atoms with van der Waals surface area (Å²) in [6, 6.07) is 8.57. The zero-order chi connectivity index (χ0) is 9.97. The number of halogens is 1. The second kappa shape index (κ2) is 4.45. The van der Waals surface area contributed by atoms with Gasteiger partial charge >= 0.3 is 0 Å². The van der Waals surface area contributed by atoms with E-state index >= 15 is 0 Å². The van der Waals surface area contributed by atoms with Crippen LogP contribution >= 0.6 is 15.9 Å². The lowest BCUT2D eigenvalue weighted by Gasteiger charge is -2.25. The number of hydrogen-bond donors (Lipinski definition) is 1. The van der Waals surface area contributed by atoms with Crippen molar-refractivity contribution in [2.24, 2.45) is 0 Å². The second-order valence-electron chi connectivity index (χ2n) is 4.06. The van der Waals surface area contributed by atoms with Gasteiger partial charge < -0.3 is 5.11 Å². The first-order chi connectivity index (χ1) is 6.75. The highest BCUT2D eigenvalue weighted by molar-refractivity contribution is 9.10. The first-order valence-corrected chi connectivity index (χ1v) is 5.98. The van der Waals surface area contributed by atoms with Gasteiger partial charge in [-0.3, -0.25) is 0 Å². The molecule has 0 saturated heterocycles. The number of hydrogen-bond acceptors (Lipinski definition) is 1. The van der Waals surface area contributed by atoms with Crippen molar-refractivity contribution in [1.29, 1.82) is 0 Å². The van der Waals surface area contributed by atoms with Crippen molar-refractivity contribution in [2.45, 2.75) is 37.7 Å². The Kier molecular flexibility index (Phi) is 3.24. The van der Waals surface area contributed by atoms with Crippen LogP contribution in [0.15, 0.2) is 28.7 Å². The number of benzene rings is 1. The summed E-state index contributed by atoms with van der Waals surface area (Å²) in [6.45, 7) is 0. The van der Waals surface area contributed by atoms with Gasteiger partial charge in [-0.25, -0.2) is 0 Å². The summed E-state index contributed by atoms with van der Waals surface area (Å²) < 4.78 is 1.14. The number of rotatable bonds is 1. The third kappa shape index (κ3) is 2.37. The predicted octanol–water partition coefficient (Wildman–Crippen LogP) is 3.47. The molecule has 0 atom stereocenters. The number of aliphatic hydroxyl groups is 1. The lowest BCUT2D eigenvalue weighted by molar-refractivity contribution is 0.122. The summed E-state index contributed by atoms with van der Waals surface area (Å²) in [7, 11) is 0. The summed E-state index contributed by atoms with van der Waals surface area (Å²) in [5, 5.41) is 9.41. The van der Waals surface area contributed by atoms with Crippen molar-refractivity contribution >= 4 is 15.9 Å². The van der Waals surface area contributed by atoms with Gasteiger partial charge in [-0.2, -0.15) is 0 Å². The van der Waals surface area contributed by atoms with Crippen LogP contribution in [0.25, 0.3) is 0 Å². The Labute approximate surface area is 93.3 Å². The lowest BCUT2D eigenvalue weighted by atomic mass is 9.83. The molecule has 0 aliphatic heterocycles. The van der Waals surface area contributed by atoms with Crippen molar-refractivity contribution in [3.05, 3.63) is 34.3 Å². The third-order valence-corrected chi connectivity index (χ3v) is 3.57. The molecule has 0 amide bonds. The molecule has 0 aromatic heterocycles. The average Bonchev–Trinajstić information content (AvgIpc) is 2.21. The molecular formula is C12H15BrO. The molecule has 1 saturated carbocycles. The largest absolute Gasteiger partial charge is 0.393 e. The molecule has 1 nitrogen and oxygen atoms in total. The third-order valence-electron chi connectivity index (χ3n) is 3.04. The molecule has 0 bridgehead atoms. The normalized spacial score (nSPS) is 27.6.